The molecule has 0 bridgehead atoms. The molecular weight excluding hydrogens is 354 g/mol. The molecule has 142 valence electrons. The Bertz CT molecular complexity index is 1010. The number of aryl methyl sites for hydroxylation is 2. The number of hydrogen-bond acceptors (Lipinski definition) is 5. The number of rotatable bonds is 5. The second-order valence-electron chi connectivity index (χ2n) is 6.40. The Morgan fingerprint density at radius 2 is 1.79 bits per heavy atom. The number of nitrogens with one attached hydrogen (secondary N) is 2. The van der Waals surface area contributed by atoms with Gasteiger partial charge < -0.3 is 15.4 Å². The number of esters is 1. The lowest BCUT2D eigenvalue weighted by atomic mass is 10.1. The smallest absolute Gasteiger partial charge is 0.337 e. The molecule has 3 rings (SSSR count). The molecule has 0 saturated carbocycles. The van der Waals surface area contributed by atoms with Crippen LogP contribution in [0.25, 0.3) is 0 Å². The zero-order valence-corrected chi connectivity index (χ0v) is 15.9. The molecule has 0 aliphatic heterocycles. The van der Waals surface area contributed by atoms with E-state index in [4.69, 9.17) is 4.74 Å². The van der Waals surface area contributed by atoms with Gasteiger partial charge in [-0.3, -0.25) is 4.79 Å². The third-order valence-corrected chi connectivity index (χ3v) is 4.20. The van der Waals surface area contributed by atoms with Crippen molar-refractivity contribution < 1.29 is 14.3 Å². The van der Waals surface area contributed by atoms with Crippen LogP contribution in [0, 0.1) is 13.8 Å². The first-order chi connectivity index (χ1) is 13.5. The van der Waals surface area contributed by atoms with E-state index in [1.807, 2.05) is 38.1 Å². The molecule has 28 heavy (non-hydrogen) atoms. The maximum absolute atomic E-state index is 12.4. The highest BCUT2D eigenvalue weighted by Gasteiger charge is 2.10. The van der Waals surface area contributed by atoms with E-state index in [9.17, 15) is 9.59 Å². The Labute approximate surface area is 163 Å². The third-order valence-electron chi connectivity index (χ3n) is 4.20. The van der Waals surface area contributed by atoms with Crippen LogP contribution in [-0.2, 0) is 4.74 Å². The molecule has 6 nitrogen and oxygen atoms in total. The van der Waals surface area contributed by atoms with Gasteiger partial charge in [-0.1, -0.05) is 23.8 Å². The zero-order valence-electron chi connectivity index (χ0n) is 15.9. The normalized spacial score (nSPS) is 10.2. The van der Waals surface area contributed by atoms with E-state index >= 15 is 0 Å². The molecule has 1 heterocycles. The number of methoxy groups -OCH3 is 1. The number of anilines is 3. The molecule has 1 amide bonds. The predicted octanol–water partition coefficient (Wildman–Crippen LogP) is 4.48. The molecule has 0 atom stereocenters. The van der Waals surface area contributed by atoms with Gasteiger partial charge in [-0.05, 0) is 55.8 Å². The molecule has 0 aliphatic carbocycles. The largest absolute Gasteiger partial charge is 0.465 e. The van der Waals surface area contributed by atoms with Gasteiger partial charge in [-0.15, -0.1) is 0 Å². The summed E-state index contributed by atoms with van der Waals surface area (Å²) in [4.78, 5) is 28.3. The van der Waals surface area contributed by atoms with Gasteiger partial charge in [-0.2, -0.15) is 0 Å². The Kier molecular flexibility index (Phi) is 5.69. The molecule has 0 unspecified atom stereocenters. The van der Waals surface area contributed by atoms with E-state index in [1.54, 1.807) is 36.5 Å². The van der Waals surface area contributed by atoms with E-state index in [0.29, 0.717) is 16.9 Å². The second-order valence-corrected chi connectivity index (χ2v) is 6.40. The minimum Gasteiger partial charge on any atom is -0.465 e. The SMILES string of the molecule is COC(=O)c1cccc(Nc2ccc(C(=O)Nc3ccc(C)cc3C)nc2)c1. The first-order valence-corrected chi connectivity index (χ1v) is 8.76. The summed E-state index contributed by atoms with van der Waals surface area (Å²) < 4.78 is 4.72. The summed E-state index contributed by atoms with van der Waals surface area (Å²) >= 11 is 0. The molecular formula is C22H21N3O3. The topological polar surface area (TPSA) is 80.3 Å². The first kappa shape index (κ1) is 19.1. The van der Waals surface area contributed by atoms with Gasteiger partial charge in [0.15, 0.2) is 0 Å². The summed E-state index contributed by atoms with van der Waals surface area (Å²) in [5, 5.41) is 6.03. The molecule has 2 N–H and O–H groups in total. The number of pyridine rings is 1. The summed E-state index contributed by atoms with van der Waals surface area (Å²) in [6.45, 7) is 3.96. The number of aromatic nitrogens is 1. The van der Waals surface area contributed by atoms with Crippen molar-refractivity contribution in [3.8, 4) is 0 Å². The van der Waals surface area contributed by atoms with Crippen LogP contribution < -0.4 is 10.6 Å². The van der Waals surface area contributed by atoms with E-state index in [2.05, 4.69) is 15.6 Å². The fraction of sp³-hybridized carbons (Fsp3) is 0.136. The van der Waals surface area contributed by atoms with Crippen molar-refractivity contribution in [2.24, 2.45) is 0 Å². The summed E-state index contributed by atoms with van der Waals surface area (Å²) in [6.07, 6.45) is 1.57. The van der Waals surface area contributed by atoms with Crippen molar-refractivity contribution in [1.29, 1.82) is 0 Å². The van der Waals surface area contributed by atoms with Crippen LogP contribution in [-0.4, -0.2) is 24.0 Å². The van der Waals surface area contributed by atoms with Crippen molar-refractivity contribution >= 4 is 28.9 Å². The van der Waals surface area contributed by atoms with Gasteiger partial charge >= 0.3 is 5.97 Å². The third kappa shape index (κ3) is 4.54. The highest BCUT2D eigenvalue weighted by Crippen LogP contribution is 2.19. The number of carbonyl (C=O) groups excluding carboxylic acids is 2. The summed E-state index contributed by atoms with van der Waals surface area (Å²) in [5.41, 5.74) is 5.08. The quantitative estimate of drug-likeness (QED) is 0.643. The number of hydrogen-bond donors (Lipinski definition) is 2. The Morgan fingerprint density at radius 1 is 0.964 bits per heavy atom. The van der Waals surface area contributed by atoms with Crippen LogP contribution in [0.15, 0.2) is 60.8 Å². The van der Waals surface area contributed by atoms with Crippen molar-refractivity contribution in [2.75, 3.05) is 17.7 Å². The van der Waals surface area contributed by atoms with Crippen LogP contribution in [0.3, 0.4) is 0 Å². The molecule has 3 aromatic rings. The predicted molar refractivity (Wildman–Crippen MR) is 109 cm³/mol. The standard InChI is InChI=1S/C22H21N3O3/c1-14-7-9-19(15(2)11-14)25-21(26)20-10-8-18(13-23-20)24-17-6-4-5-16(12-17)22(27)28-3/h4-13,24H,1-3H3,(H,25,26). The lowest BCUT2D eigenvalue weighted by molar-refractivity contribution is 0.0600. The molecule has 2 aromatic carbocycles. The van der Waals surface area contributed by atoms with Crippen molar-refractivity contribution in [3.63, 3.8) is 0 Å². The molecule has 0 spiro atoms. The van der Waals surface area contributed by atoms with Gasteiger partial charge in [-0.25, -0.2) is 9.78 Å². The fourth-order valence-electron chi connectivity index (χ4n) is 2.75. The number of ether oxygens (including phenoxy) is 1. The first-order valence-electron chi connectivity index (χ1n) is 8.76. The van der Waals surface area contributed by atoms with Crippen LogP contribution >= 0.6 is 0 Å². The number of benzene rings is 2. The van der Waals surface area contributed by atoms with Crippen LogP contribution in [0.1, 0.15) is 32.0 Å². The zero-order chi connectivity index (χ0) is 20.1. The van der Waals surface area contributed by atoms with E-state index < -0.39 is 5.97 Å². The van der Waals surface area contributed by atoms with Gasteiger partial charge in [0.1, 0.15) is 5.69 Å². The molecule has 1 aromatic heterocycles. The number of amides is 1. The highest BCUT2D eigenvalue weighted by atomic mass is 16.5. The Morgan fingerprint density at radius 3 is 2.46 bits per heavy atom. The van der Waals surface area contributed by atoms with Gasteiger partial charge in [0.25, 0.3) is 5.91 Å². The number of carbonyl (C=O) groups is 2. The molecule has 0 radical (unpaired) electrons. The van der Waals surface area contributed by atoms with E-state index in [-0.39, 0.29) is 5.91 Å². The van der Waals surface area contributed by atoms with Crippen LogP contribution in [0.4, 0.5) is 17.1 Å². The van der Waals surface area contributed by atoms with Crippen molar-refractivity contribution in [3.05, 3.63) is 83.2 Å². The Hall–Kier alpha value is -3.67. The monoisotopic (exact) mass is 375 g/mol. The lowest BCUT2D eigenvalue weighted by Crippen LogP contribution is -2.14. The van der Waals surface area contributed by atoms with Crippen molar-refractivity contribution in [2.45, 2.75) is 13.8 Å². The van der Waals surface area contributed by atoms with Crippen molar-refractivity contribution in [1.82, 2.24) is 4.98 Å². The van der Waals surface area contributed by atoms with E-state index in [0.717, 1.165) is 22.5 Å². The van der Waals surface area contributed by atoms with Gasteiger partial charge in [0.05, 0.1) is 24.6 Å². The number of nitrogens with zero attached hydrogens (tertiary/aromatic N) is 1. The lowest BCUT2D eigenvalue weighted by Gasteiger charge is -2.10. The van der Waals surface area contributed by atoms with Crippen LogP contribution in [0.5, 0.6) is 0 Å². The highest BCUT2D eigenvalue weighted by molar-refractivity contribution is 6.03. The summed E-state index contributed by atoms with van der Waals surface area (Å²) in [7, 11) is 1.34. The second kappa shape index (κ2) is 8.35. The Balaban J connectivity index is 1.69. The molecule has 0 aliphatic rings. The minimum absolute atomic E-state index is 0.272. The fourth-order valence-corrected chi connectivity index (χ4v) is 2.75. The van der Waals surface area contributed by atoms with Gasteiger partial charge in [0.2, 0.25) is 0 Å². The average Bonchev–Trinajstić information content (AvgIpc) is 2.70. The summed E-state index contributed by atoms with van der Waals surface area (Å²) in [6, 6.07) is 16.2. The molecule has 6 heteroatoms. The maximum atomic E-state index is 12.4. The van der Waals surface area contributed by atoms with Gasteiger partial charge in [0, 0.05) is 11.4 Å². The van der Waals surface area contributed by atoms with Crippen LogP contribution in [0.2, 0.25) is 0 Å². The maximum Gasteiger partial charge on any atom is 0.337 e. The molecule has 0 fully saturated rings. The minimum atomic E-state index is -0.403. The summed E-state index contributed by atoms with van der Waals surface area (Å²) in [5.74, 6) is -0.675. The van der Waals surface area contributed by atoms with E-state index in [1.165, 1.54) is 7.11 Å². The molecule has 0 saturated heterocycles. The average molecular weight is 375 g/mol.